The Morgan fingerprint density at radius 1 is 1.05 bits per heavy atom. The van der Waals surface area contributed by atoms with E-state index in [2.05, 4.69) is 20.6 Å². The molecule has 0 aliphatic heterocycles. The first-order valence-corrected chi connectivity index (χ1v) is 6.28. The number of benzene rings is 1. The van der Waals surface area contributed by atoms with Crippen molar-refractivity contribution in [1.29, 1.82) is 0 Å². The lowest BCUT2D eigenvalue weighted by Gasteiger charge is -2.14. The molecule has 0 unspecified atom stereocenters. The number of aryl methyl sites for hydroxylation is 1. The topological polar surface area (TPSA) is 49.8 Å². The fourth-order valence-corrected chi connectivity index (χ4v) is 1.90. The summed E-state index contributed by atoms with van der Waals surface area (Å²) in [5.41, 5.74) is 0.360. The maximum absolute atomic E-state index is 12.7. The van der Waals surface area contributed by atoms with Crippen LogP contribution in [0.15, 0.2) is 24.3 Å². The molecule has 0 saturated carbocycles. The van der Waals surface area contributed by atoms with E-state index in [0.717, 1.165) is 17.7 Å². The molecule has 112 valence electrons. The molecule has 1 aromatic carbocycles. The first-order valence-electron chi connectivity index (χ1n) is 6.28. The van der Waals surface area contributed by atoms with Crippen LogP contribution < -0.4 is 10.6 Å². The van der Waals surface area contributed by atoms with Crippen LogP contribution in [0.1, 0.15) is 17.0 Å². The molecule has 0 aliphatic carbocycles. The predicted octanol–water partition coefficient (Wildman–Crippen LogP) is 3.90. The summed E-state index contributed by atoms with van der Waals surface area (Å²) in [6.45, 7) is 3.51. The van der Waals surface area contributed by atoms with Crippen molar-refractivity contribution in [2.45, 2.75) is 20.0 Å². The Bertz CT molecular complexity index is 653. The minimum Gasteiger partial charge on any atom is -0.373 e. The highest BCUT2D eigenvalue weighted by Gasteiger charge is 2.30. The maximum Gasteiger partial charge on any atom is 0.416 e. The Balaban J connectivity index is 2.37. The van der Waals surface area contributed by atoms with E-state index in [9.17, 15) is 13.2 Å². The minimum atomic E-state index is -4.37. The number of anilines is 3. The van der Waals surface area contributed by atoms with Crippen LogP contribution in [0.2, 0.25) is 0 Å². The highest BCUT2D eigenvalue weighted by Crippen LogP contribution is 2.32. The van der Waals surface area contributed by atoms with E-state index in [-0.39, 0.29) is 0 Å². The quantitative estimate of drug-likeness (QED) is 0.902. The van der Waals surface area contributed by atoms with E-state index in [4.69, 9.17) is 0 Å². The highest BCUT2D eigenvalue weighted by atomic mass is 19.4. The molecule has 0 amide bonds. The number of aromatic nitrogens is 2. The summed E-state index contributed by atoms with van der Waals surface area (Å²) in [5, 5.41) is 5.84. The van der Waals surface area contributed by atoms with Gasteiger partial charge in [-0.05, 0) is 32.0 Å². The normalized spacial score (nSPS) is 11.3. The van der Waals surface area contributed by atoms with Gasteiger partial charge in [0.1, 0.15) is 17.5 Å². The number of nitrogens with zero attached hydrogens (tertiary/aromatic N) is 2. The molecule has 0 saturated heterocycles. The van der Waals surface area contributed by atoms with Crippen LogP contribution in [-0.2, 0) is 6.18 Å². The number of hydrogen-bond donors (Lipinski definition) is 2. The Morgan fingerprint density at radius 3 is 2.33 bits per heavy atom. The van der Waals surface area contributed by atoms with Gasteiger partial charge in [0.25, 0.3) is 0 Å². The van der Waals surface area contributed by atoms with Gasteiger partial charge in [-0.15, -0.1) is 0 Å². The number of halogens is 3. The van der Waals surface area contributed by atoms with Crippen LogP contribution in [0, 0.1) is 13.8 Å². The van der Waals surface area contributed by atoms with Crippen molar-refractivity contribution in [3.63, 3.8) is 0 Å². The van der Waals surface area contributed by atoms with E-state index in [0.29, 0.717) is 23.1 Å². The fraction of sp³-hybridized carbons (Fsp3) is 0.286. The Labute approximate surface area is 120 Å². The average Bonchev–Trinajstić information content (AvgIpc) is 2.42. The maximum atomic E-state index is 12.7. The average molecular weight is 296 g/mol. The van der Waals surface area contributed by atoms with Gasteiger partial charge in [0.05, 0.1) is 5.56 Å². The molecular formula is C14H15F3N4. The van der Waals surface area contributed by atoms with Crippen LogP contribution in [0.25, 0.3) is 0 Å². The minimum absolute atomic E-state index is 0.327. The lowest BCUT2D eigenvalue weighted by Crippen LogP contribution is -2.07. The van der Waals surface area contributed by atoms with Crippen molar-refractivity contribution >= 4 is 17.3 Å². The van der Waals surface area contributed by atoms with E-state index in [1.165, 1.54) is 6.07 Å². The molecule has 2 rings (SSSR count). The van der Waals surface area contributed by atoms with E-state index in [1.807, 2.05) is 0 Å². The molecule has 7 heteroatoms. The van der Waals surface area contributed by atoms with Gasteiger partial charge in [-0.1, -0.05) is 6.07 Å². The highest BCUT2D eigenvalue weighted by molar-refractivity contribution is 5.65. The molecule has 4 nitrogen and oxygen atoms in total. The predicted molar refractivity (Wildman–Crippen MR) is 75.8 cm³/mol. The third-order valence-electron chi connectivity index (χ3n) is 2.95. The van der Waals surface area contributed by atoms with Gasteiger partial charge in [0, 0.05) is 18.3 Å². The summed E-state index contributed by atoms with van der Waals surface area (Å²) in [7, 11) is 1.73. The molecule has 0 aliphatic rings. The van der Waals surface area contributed by atoms with Crippen LogP contribution in [0.3, 0.4) is 0 Å². The molecule has 2 aromatic rings. The largest absolute Gasteiger partial charge is 0.416 e. The van der Waals surface area contributed by atoms with Crippen molar-refractivity contribution in [1.82, 2.24) is 9.97 Å². The standard InChI is InChI=1S/C14H15F3N4/c1-8-12(18-3)19-9(2)20-13(8)21-11-6-4-5-10(7-11)14(15,16)17/h4-7H,1-3H3,(H2,18,19,20,21). The molecule has 0 atom stereocenters. The monoisotopic (exact) mass is 296 g/mol. The second-order valence-electron chi connectivity index (χ2n) is 4.55. The van der Waals surface area contributed by atoms with Crippen molar-refractivity contribution in [2.75, 3.05) is 17.7 Å². The zero-order chi connectivity index (χ0) is 15.6. The van der Waals surface area contributed by atoms with Crippen molar-refractivity contribution in [3.05, 3.63) is 41.2 Å². The van der Waals surface area contributed by atoms with Gasteiger partial charge in [-0.25, -0.2) is 9.97 Å². The Morgan fingerprint density at radius 2 is 1.71 bits per heavy atom. The zero-order valence-corrected chi connectivity index (χ0v) is 11.8. The summed E-state index contributed by atoms with van der Waals surface area (Å²) in [5.74, 6) is 1.64. The molecule has 2 N–H and O–H groups in total. The number of hydrogen-bond acceptors (Lipinski definition) is 4. The number of alkyl halides is 3. The summed E-state index contributed by atoms with van der Waals surface area (Å²) < 4.78 is 38.1. The third kappa shape index (κ3) is 3.42. The third-order valence-corrected chi connectivity index (χ3v) is 2.95. The van der Waals surface area contributed by atoms with Gasteiger partial charge in [0.15, 0.2) is 0 Å². The first-order chi connectivity index (χ1) is 9.81. The zero-order valence-electron chi connectivity index (χ0n) is 11.8. The van der Waals surface area contributed by atoms with Crippen LogP contribution >= 0.6 is 0 Å². The second-order valence-corrected chi connectivity index (χ2v) is 4.55. The fourth-order valence-electron chi connectivity index (χ4n) is 1.90. The Hall–Kier alpha value is -2.31. The van der Waals surface area contributed by atoms with E-state index in [1.54, 1.807) is 27.0 Å². The van der Waals surface area contributed by atoms with E-state index < -0.39 is 11.7 Å². The number of nitrogens with one attached hydrogen (secondary N) is 2. The van der Waals surface area contributed by atoms with Gasteiger partial charge < -0.3 is 10.6 Å². The van der Waals surface area contributed by atoms with E-state index >= 15 is 0 Å². The SMILES string of the molecule is CNc1nc(C)nc(Nc2cccc(C(F)(F)F)c2)c1C. The van der Waals surface area contributed by atoms with Crippen LogP contribution in [0.5, 0.6) is 0 Å². The lowest BCUT2D eigenvalue weighted by atomic mass is 10.2. The van der Waals surface area contributed by atoms with Gasteiger partial charge in [0.2, 0.25) is 0 Å². The molecule has 0 radical (unpaired) electrons. The molecule has 21 heavy (non-hydrogen) atoms. The Kier molecular flexibility index (Phi) is 4.02. The smallest absolute Gasteiger partial charge is 0.373 e. The lowest BCUT2D eigenvalue weighted by molar-refractivity contribution is -0.137. The second kappa shape index (κ2) is 5.59. The molecule has 1 heterocycles. The first kappa shape index (κ1) is 15.1. The van der Waals surface area contributed by atoms with Crippen LogP contribution in [-0.4, -0.2) is 17.0 Å². The summed E-state index contributed by atoms with van der Waals surface area (Å²) in [4.78, 5) is 8.43. The summed E-state index contributed by atoms with van der Waals surface area (Å²) in [6.07, 6.45) is -4.37. The van der Waals surface area contributed by atoms with Gasteiger partial charge in [-0.3, -0.25) is 0 Å². The van der Waals surface area contributed by atoms with Gasteiger partial charge >= 0.3 is 6.18 Å². The molecule has 0 bridgehead atoms. The molecule has 0 fully saturated rings. The molecule has 1 aromatic heterocycles. The number of rotatable bonds is 3. The molecule has 0 spiro atoms. The van der Waals surface area contributed by atoms with Crippen LogP contribution in [0.4, 0.5) is 30.5 Å². The van der Waals surface area contributed by atoms with Crippen molar-refractivity contribution in [3.8, 4) is 0 Å². The van der Waals surface area contributed by atoms with Crippen molar-refractivity contribution in [2.24, 2.45) is 0 Å². The molecular weight excluding hydrogens is 281 g/mol. The van der Waals surface area contributed by atoms with Crippen molar-refractivity contribution < 1.29 is 13.2 Å². The summed E-state index contributed by atoms with van der Waals surface area (Å²) >= 11 is 0. The van der Waals surface area contributed by atoms with Gasteiger partial charge in [-0.2, -0.15) is 13.2 Å². The summed E-state index contributed by atoms with van der Waals surface area (Å²) in [6, 6.07) is 5.00.